The largest absolute Gasteiger partial charge is 0.527 e. The number of anilines is 1. The molecule has 0 saturated carbocycles. The minimum Gasteiger partial charge on any atom is -0.481 e. The number of ether oxygens (including phenoxy) is 1. The van der Waals surface area contributed by atoms with Gasteiger partial charge in [-0.1, -0.05) is 30.3 Å². The number of hydrogen-bond acceptors (Lipinski definition) is 11. The van der Waals surface area contributed by atoms with Crippen LogP contribution in [0.4, 0.5) is 10.6 Å². The van der Waals surface area contributed by atoms with Crippen molar-refractivity contribution in [2.45, 2.75) is 38.8 Å². The first-order valence-corrected chi connectivity index (χ1v) is 12.9. The van der Waals surface area contributed by atoms with Crippen molar-refractivity contribution in [2.24, 2.45) is 0 Å². The van der Waals surface area contributed by atoms with E-state index in [9.17, 15) is 29.4 Å². The molecule has 14 heteroatoms. The van der Waals surface area contributed by atoms with Crippen molar-refractivity contribution in [1.29, 1.82) is 0 Å². The second-order valence-electron chi connectivity index (χ2n) is 9.05. The Balaban J connectivity index is 1.76. The van der Waals surface area contributed by atoms with E-state index in [1.807, 2.05) is 6.07 Å². The number of aromatic nitrogens is 2. The molecule has 0 spiro atoms. The molecular weight excluding hydrogens is 524 g/mol. The number of hydroxylamine groups is 2. The second-order valence-corrected chi connectivity index (χ2v) is 9.05. The molecule has 2 atom stereocenters. The van der Waals surface area contributed by atoms with E-state index in [0.717, 1.165) is 0 Å². The molecule has 0 bridgehead atoms. The summed E-state index contributed by atoms with van der Waals surface area (Å²) < 4.78 is 4.76. The topological polar surface area (TPSA) is 184 Å². The molecule has 216 valence electrons. The quantitative estimate of drug-likeness (QED) is 0.273. The maximum atomic E-state index is 13.3. The van der Waals surface area contributed by atoms with Crippen LogP contribution in [0.15, 0.2) is 36.4 Å². The van der Waals surface area contributed by atoms with Crippen LogP contribution in [-0.2, 0) is 19.2 Å². The average molecular weight is 559 g/mol. The third kappa shape index (κ3) is 9.17. The van der Waals surface area contributed by atoms with Crippen LogP contribution in [0, 0.1) is 0 Å². The van der Waals surface area contributed by atoms with Crippen LogP contribution in [-0.4, -0.2) is 106 Å². The van der Waals surface area contributed by atoms with E-state index < -0.39 is 36.1 Å². The Morgan fingerprint density at radius 1 is 1.07 bits per heavy atom. The molecule has 14 nitrogen and oxygen atoms in total. The predicted octanol–water partition coefficient (Wildman–Crippen LogP) is 1.13. The monoisotopic (exact) mass is 558 g/mol. The van der Waals surface area contributed by atoms with Crippen molar-refractivity contribution in [3.63, 3.8) is 0 Å². The Hall–Kier alpha value is -4.30. The molecule has 1 aliphatic heterocycles. The summed E-state index contributed by atoms with van der Waals surface area (Å²) in [5.41, 5.74) is 0.612. The van der Waals surface area contributed by atoms with Gasteiger partial charge < -0.3 is 35.3 Å². The van der Waals surface area contributed by atoms with Gasteiger partial charge in [0.2, 0.25) is 5.91 Å². The summed E-state index contributed by atoms with van der Waals surface area (Å²) in [6.45, 7) is 4.41. The Labute approximate surface area is 231 Å². The van der Waals surface area contributed by atoms with Crippen molar-refractivity contribution < 1.29 is 39.0 Å². The number of carboxylic acid groups (broad SMARTS) is 1. The van der Waals surface area contributed by atoms with Gasteiger partial charge >= 0.3 is 12.1 Å². The summed E-state index contributed by atoms with van der Waals surface area (Å²) in [6.07, 6.45) is -1.99. The van der Waals surface area contributed by atoms with Crippen molar-refractivity contribution in [1.82, 2.24) is 25.2 Å². The van der Waals surface area contributed by atoms with E-state index in [-0.39, 0.29) is 63.7 Å². The molecule has 2 aromatic rings. The molecular formula is C26H34N6O8. The summed E-state index contributed by atoms with van der Waals surface area (Å²) >= 11 is 0. The van der Waals surface area contributed by atoms with Gasteiger partial charge in [-0.3, -0.25) is 14.4 Å². The van der Waals surface area contributed by atoms with Crippen LogP contribution in [0.3, 0.4) is 0 Å². The van der Waals surface area contributed by atoms with Gasteiger partial charge in [-0.25, -0.2) is 14.8 Å². The van der Waals surface area contributed by atoms with Crippen LogP contribution >= 0.6 is 0 Å². The van der Waals surface area contributed by atoms with Gasteiger partial charge in [-0.2, -0.15) is 0 Å². The fraction of sp³-hybridized carbons (Fsp3) is 0.462. The number of hydrogen-bond donors (Lipinski definition) is 4. The number of aliphatic hydroxyl groups excluding tert-OH is 1. The second kappa shape index (κ2) is 14.7. The fourth-order valence-electron chi connectivity index (χ4n) is 3.85. The standard InChI is InChI=1S/C26H34N6O8/c1-3-39-26(38)40-32-13-11-31(12-14-32)25(37)19(9-10-22(34)35)29-24(36)20-15-21(27-16-17(2)33)30-23(28-20)18-7-5-4-6-8-18/h4-8,15,17,19,33H,3,9-14,16H2,1-2H3,(H,29,36)(H,34,35)(H,27,28,30)/t17-,19?/m0/s1. The predicted molar refractivity (Wildman–Crippen MR) is 142 cm³/mol. The first-order valence-electron chi connectivity index (χ1n) is 12.9. The number of nitrogens with zero attached hydrogens (tertiary/aromatic N) is 4. The van der Waals surface area contributed by atoms with Gasteiger partial charge in [0.15, 0.2) is 5.82 Å². The number of rotatable bonds is 12. The molecule has 3 rings (SSSR count). The van der Waals surface area contributed by atoms with E-state index in [2.05, 4.69) is 20.6 Å². The van der Waals surface area contributed by atoms with E-state index in [4.69, 9.17) is 9.57 Å². The van der Waals surface area contributed by atoms with Crippen molar-refractivity contribution in [2.75, 3.05) is 44.6 Å². The zero-order valence-electron chi connectivity index (χ0n) is 22.4. The Morgan fingerprint density at radius 2 is 1.77 bits per heavy atom. The van der Waals surface area contributed by atoms with Crippen LogP contribution in [0.2, 0.25) is 0 Å². The van der Waals surface area contributed by atoms with Gasteiger partial charge in [0, 0.05) is 37.7 Å². The summed E-state index contributed by atoms with van der Waals surface area (Å²) in [7, 11) is 0. The average Bonchev–Trinajstić information content (AvgIpc) is 2.94. The summed E-state index contributed by atoms with van der Waals surface area (Å²) in [6, 6.07) is 9.24. The molecule has 1 fully saturated rings. The molecule has 2 amide bonds. The molecule has 1 aromatic heterocycles. The fourth-order valence-corrected chi connectivity index (χ4v) is 3.85. The molecule has 1 aliphatic rings. The first-order chi connectivity index (χ1) is 19.2. The molecule has 1 saturated heterocycles. The van der Waals surface area contributed by atoms with Crippen molar-refractivity contribution in [3.05, 3.63) is 42.1 Å². The molecule has 40 heavy (non-hydrogen) atoms. The lowest BCUT2D eigenvalue weighted by molar-refractivity contribution is -0.157. The number of aliphatic carboxylic acids is 1. The minimum atomic E-state index is -1.13. The van der Waals surface area contributed by atoms with Gasteiger partial charge in [0.25, 0.3) is 5.91 Å². The lowest BCUT2D eigenvalue weighted by Gasteiger charge is -2.35. The lowest BCUT2D eigenvalue weighted by atomic mass is 10.1. The number of amides is 2. The molecule has 4 N–H and O–H groups in total. The molecule has 1 unspecified atom stereocenters. The maximum Gasteiger partial charge on any atom is 0.527 e. The summed E-state index contributed by atoms with van der Waals surface area (Å²) in [4.78, 5) is 64.8. The van der Waals surface area contributed by atoms with E-state index in [1.165, 1.54) is 16.0 Å². The number of carbonyl (C=O) groups is 4. The van der Waals surface area contributed by atoms with Gasteiger partial charge in [-0.15, -0.1) is 5.06 Å². The smallest absolute Gasteiger partial charge is 0.481 e. The van der Waals surface area contributed by atoms with Crippen molar-refractivity contribution >= 4 is 29.8 Å². The number of carbonyl (C=O) groups excluding carboxylic acids is 3. The number of piperazine rings is 1. The van der Waals surface area contributed by atoms with Crippen LogP contribution < -0.4 is 10.6 Å². The normalized spacial score (nSPS) is 15.0. The molecule has 2 heterocycles. The zero-order valence-corrected chi connectivity index (χ0v) is 22.4. The van der Waals surface area contributed by atoms with Crippen LogP contribution in [0.5, 0.6) is 0 Å². The number of benzene rings is 1. The highest BCUT2D eigenvalue weighted by Gasteiger charge is 2.31. The highest BCUT2D eigenvalue weighted by molar-refractivity contribution is 5.97. The van der Waals surface area contributed by atoms with Gasteiger partial charge in [0.05, 0.1) is 25.8 Å². The molecule has 0 aliphatic carbocycles. The first kappa shape index (κ1) is 30.2. The molecule has 1 aromatic carbocycles. The Bertz CT molecular complexity index is 1170. The minimum absolute atomic E-state index is 0.0391. The number of nitrogens with one attached hydrogen (secondary N) is 2. The highest BCUT2D eigenvalue weighted by atomic mass is 16.8. The van der Waals surface area contributed by atoms with Gasteiger partial charge in [-0.05, 0) is 20.3 Å². The number of carboxylic acids is 1. The third-order valence-electron chi connectivity index (χ3n) is 5.84. The SMILES string of the molecule is CCOC(=O)ON1CCN(C(=O)C(CCC(=O)O)NC(=O)c2cc(NC[C@H](C)O)nc(-c3ccccc3)n2)CC1. The molecule has 0 radical (unpaired) electrons. The Kier molecular flexibility index (Phi) is 11.1. The van der Waals surface area contributed by atoms with E-state index in [0.29, 0.717) is 11.4 Å². The third-order valence-corrected chi connectivity index (χ3v) is 5.84. The highest BCUT2D eigenvalue weighted by Crippen LogP contribution is 2.18. The maximum absolute atomic E-state index is 13.3. The Morgan fingerprint density at radius 3 is 2.40 bits per heavy atom. The van der Waals surface area contributed by atoms with Crippen molar-refractivity contribution in [3.8, 4) is 11.4 Å². The van der Waals surface area contributed by atoms with Crippen LogP contribution in [0.1, 0.15) is 37.2 Å². The summed E-state index contributed by atoms with van der Waals surface area (Å²) in [5.74, 6) is -1.71. The van der Waals surface area contributed by atoms with Crippen LogP contribution in [0.25, 0.3) is 11.4 Å². The van der Waals surface area contributed by atoms with Gasteiger partial charge in [0.1, 0.15) is 17.6 Å². The zero-order chi connectivity index (χ0) is 29.1. The summed E-state index contributed by atoms with van der Waals surface area (Å²) in [5, 5.41) is 25.8. The lowest BCUT2D eigenvalue weighted by Crippen LogP contribution is -2.55. The van der Waals surface area contributed by atoms with E-state index in [1.54, 1.807) is 38.1 Å². The van der Waals surface area contributed by atoms with E-state index >= 15 is 0 Å². The number of aliphatic hydroxyl groups is 1.